The van der Waals surface area contributed by atoms with Crippen molar-refractivity contribution >= 4 is 0 Å². The highest BCUT2D eigenvalue weighted by atomic mass is 19.1. The zero-order valence-corrected chi connectivity index (χ0v) is 9.34. The first-order valence-corrected chi connectivity index (χ1v) is 5.94. The van der Waals surface area contributed by atoms with Crippen molar-refractivity contribution in [2.75, 3.05) is 7.11 Å². The summed E-state index contributed by atoms with van der Waals surface area (Å²) in [5, 5.41) is 0. The van der Waals surface area contributed by atoms with E-state index >= 15 is 0 Å². The largest absolute Gasteiger partial charge is 0.501 e. The molecule has 0 bridgehead atoms. The minimum absolute atomic E-state index is 0.117. The number of allylic oxidation sites excluding steroid dienone is 4. The predicted octanol–water partition coefficient (Wildman–Crippen LogP) is 3.97. The van der Waals surface area contributed by atoms with E-state index < -0.39 is 0 Å². The van der Waals surface area contributed by atoms with E-state index in [1.807, 2.05) is 0 Å². The summed E-state index contributed by atoms with van der Waals surface area (Å²) in [6.45, 7) is 0. The SMILES string of the molecule is COC1=CC(F)=CC2CCCCCCC12. The molecule has 15 heavy (non-hydrogen) atoms. The van der Waals surface area contributed by atoms with Crippen molar-refractivity contribution in [2.24, 2.45) is 11.8 Å². The third-order valence-corrected chi connectivity index (χ3v) is 3.57. The van der Waals surface area contributed by atoms with Crippen molar-refractivity contribution in [1.29, 1.82) is 0 Å². The molecular formula is C13H19FO. The average molecular weight is 210 g/mol. The van der Waals surface area contributed by atoms with Gasteiger partial charge in [-0.1, -0.05) is 25.7 Å². The molecule has 2 atom stereocenters. The molecule has 0 heterocycles. The topological polar surface area (TPSA) is 9.23 Å². The van der Waals surface area contributed by atoms with Gasteiger partial charge in [0.15, 0.2) is 0 Å². The van der Waals surface area contributed by atoms with E-state index in [0.717, 1.165) is 18.6 Å². The average Bonchev–Trinajstić information content (AvgIpc) is 2.19. The monoisotopic (exact) mass is 210 g/mol. The van der Waals surface area contributed by atoms with Gasteiger partial charge >= 0.3 is 0 Å². The summed E-state index contributed by atoms with van der Waals surface area (Å²) in [7, 11) is 1.65. The van der Waals surface area contributed by atoms with Crippen LogP contribution in [0.3, 0.4) is 0 Å². The van der Waals surface area contributed by atoms with E-state index in [1.54, 1.807) is 19.3 Å². The van der Waals surface area contributed by atoms with Gasteiger partial charge in [0.2, 0.25) is 0 Å². The van der Waals surface area contributed by atoms with Gasteiger partial charge in [-0.15, -0.1) is 0 Å². The fourth-order valence-corrected chi connectivity index (χ4v) is 2.77. The molecule has 0 aliphatic heterocycles. The Morgan fingerprint density at radius 1 is 1.20 bits per heavy atom. The van der Waals surface area contributed by atoms with Crippen LogP contribution in [0.2, 0.25) is 0 Å². The van der Waals surface area contributed by atoms with Gasteiger partial charge in [0.1, 0.15) is 11.6 Å². The molecule has 84 valence electrons. The first-order valence-electron chi connectivity index (χ1n) is 5.94. The highest BCUT2D eigenvalue weighted by Gasteiger charge is 2.28. The van der Waals surface area contributed by atoms with Gasteiger partial charge in [0.05, 0.1) is 7.11 Å². The lowest BCUT2D eigenvalue weighted by molar-refractivity contribution is 0.190. The zero-order valence-electron chi connectivity index (χ0n) is 9.34. The Hall–Kier alpha value is -0.790. The van der Waals surface area contributed by atoms with E-state index in [2.05, 4.69) is 0 Å². The van der Waals surface area contributed by atoms with Crippen LogP contribution < -0.4 is 0 Å². The fourth-order valence-electron chi connectivity index (χ4n) is 2.77. The van der Waals surface area contributed by atoms with Gasteiger partial charge in [-0.2, -0.15) is 0 Å². The maximum absolute atomic E-state index is 13.3. The van der Waals surface area contributed by atoms with Crippen LogP contribution >= 0.6 is 0 Å². The second-order valence-electron chi connectivity index (χ2n) is 4.56. The number of hydrogen-bond acceptors (Lipinski definition) is 1. The van der Waals surface area contributed by atoms with Crippen LogP contribution in [0.1, 0.15) is 38.5 Å². The lowest BCUT2D eigenvalue weighted by Crippen LogP contribution is -2.21. The Bertz CT molecular complexity index is 280. The van der Waals surface area contributed by atoms with E-state index in [-0.39, 0.29) is 5.83 Å². The maximum Gasteiger partial charge on any atom is 0.122 e. The van der Waals surface area contributed by atoms with E-state index in [9.17, 15) is 4.39 Å². The third kappa shape index (κ3) is 2.42. The molecule has 2 rings (SSSR count). The van der Waals surface area contributed by atoms with Crippen molar-refractivity contribution in [1.82, 2.24) is 0 Å². The highest BCUT2D eigenvalue weighted by molar-refractivity contribution is 5.24. The lowest BCUT2D eigenvalue weighted by atomic mass is 9.78. The lowest BCUT2D eigenvalue weighted by Gasteiger charge is -2.30. The van der Waals surface area contributed by atoms with E-state index in [0.29, 0.717) is 11.8 Å². The smallest absolute Gasteiger partial charge is 0.122 e. The van der Waals surface area contributed by atoms with Crippen LogP contribution in [-0.4, -0.2) is 7.11 Å². The highest BCUT2D eigenvalue weighted by Crippen LogP contribution is 2.38. The Balaban J connectivity index is 2.16. The molecule has 0 aromatic rings. The normalized spacial score (nSPS) is 31.9. The van der Waals surface area contributed by atoms with Crippen LogP contribution in [-0.2, 0) is 4.74 Å². The molecule has 2 unspecified atom stereocenters. The standard InChI is InChI=1S/C13H19FO/c1-15-13-9-11(14)8-10-6-4-2-3-5-7-12(10)13/h8-10,12H,2-7H2,1H3. The van der Waals surface area contributed by atoms with Crippen LogP contribution in [0.4, 0.5) is 4.39 Å². The second-order valence-corrected chi connectivity index (χ2v) is 4.56. The van der Waals surface area contributed by atoms with Crippen molar-refractivity contribution in [2.45, 2.75) is 38.5 Å². The number of ether oxygens (including phenoxy) is 1. The summed E-state index contributed by atoms with van der Waals surface area (Å²) in [6, 6.07) is 0. The summed E-state index contributed by atoms with van der Waals surface area (Å²) < 4.78 is 18.6. The molecule has 2 aliphatic rings. The quantitative estimate of drug-likeness (QED) is 0.636. The van der Waals surface area contributed by atoms with Gasteiger partial charge in [-0.25, -0.2) is 4.39 Å². The molecule has 1 fully saturated rings. The molecule has 0 saturated heterocycles. The van der Waals surface area contributed by atoms with Gasteiger partial charge in [0, 0.05) is 12.0 Å². The predicted molar refractivity (Wildman–Crippen MR) is 59.0 cm³/mol. The molecule has 0 aromatic carbocycles. The molecule has 0 aromatic heterocycles. The van der Waals surface area contributed by atoms with Gasteiger partial charge < -0.3 is 4.74 Å². The maximum atomic E-state index is 13.3. The Morgan fingerprint density at radius 2 is 1.93 bits per heavy atom. The first-order chi connectivity index (χ1) is 7.31. The summed E-state index contributed by atoms with van der Waals surface area (Å²) in [5.41, 5.74) is 0. The van der Waals surface area contributed by atoms with Crippen LogP contribution in [0.15, 0.2) is 23.7 Å². The van der Waals surface area contributed by atoms with E-state index in [1.165, 1.54) is 25.7 Å². The van der Waals surface area contributed by atoms with Gasteiger partial charge in [0.25, 0.3) is 0 Å². The zero-order chi connectivity index (χ0) is 10.7. The van der Waals surface area contributed by atoms with Crippen molar-refractivity contribution in [3.05, 3.63) is 23.7 Å². The molecule has 2 heteroatoms. The van der Waals surface area contributed by atoms with Crippen LogP contribution in [0, 0.1) is 11.8 Å². The first kappa shape index (κ1) is 10.7. The number of rotatable bonds is 1. The van der Waals surface area contributed by atoms with E-state index in [4.69, 9.17) is 4.74 Å². The Kier molecular flexibility index (Phi) is 3.45. The fraction of sp³-hybridized carbons (Fsp3) is 0.692. The summed E-state index contributed by atoms with van der Waals surface area (Å²) >= 11 is 0. The van der Waals surface area contributed by atoms with Crippen LogP contribution in [0.25, 0.3) is 0 Å². The minimum Gasteiger partial charge on any atom is -0.501 e. The Morgan fingerprint density at radius 3 is 2.67 bits per heavy atom. The van der Waals surface area contributed by atoms with Crippen molar-refractivity contribution < 1.29 is 9.13 Å². The summed E-state index contributed by atoms with van der Waals surface area (Å²) in [4.78, 5) is 0. The number of fused-ring (bicyclic) bond motifs is 1. The van der Waals surface area contributed by atoms with Crippen molar-refractivity contribution in [3.8, 4) is 0 Å². The molecule has 2 aliphatic carbocycles. The number of methoxy groups -OCH3 is 1. The molecule has 0 radical (unpaired) electrons. The minimum atomic E-state index is -0.117. The molecule has 0 amide bonds. The van der Waals surface area contributed by atoms with Crippen molar-refractivity contribution in [3.63, 3.8) is 0 Å². The third-order valence-electron chi connectivity index (χ3n) is 3.57. The molecule has 0 spiro atoms. The Labute approximate surface area is 91.0 Å². The summed E-state index contributed by atoms with van der Waals surface area (Å²) in [5.74, 6) is 1.52. The van der Waals surface area contributed by atoms with Gasteiger partial charge in [-0.05, 0) is 24.8 Å². The number of halogens is 1. The molecule has 0 N–H and O–H groups in total. The summed E-state index contributed by atoms with van der Waals surface area (Å²) in [6.07, 6.45) is 10.7. The molecule has 1 nitrogen and oxygen atoms in total. The van der Waals surface area contributed by atoms with Gasteiger partial charge in [-0.3, -0.25) is 0 Å². The van der Waals surface area contributed by atoms with Crippen LogP contribution in [0.5, 0.6) is 0 Å². The second kappa shape index (κ2) is 4.82. The molecule has 1 saturated carbocycles. The molecular weight excluding hydrogens is 191 g/mol. The number of hydrogen-bond donors (Lipinski definition) is 0.